The summed E-state index contributed by atoms with van der Waals surface area (Å²) in [6, 6.07) is 5.26. The van der Waals surface area contributed by atoms with E-state index in [0.29, 0.717) is 23.0 Å². The van der Waals surface area contributed by atoms with Crippen molar-refractivity contribution < 1.29 is 14.3 Å². The molecule has 0 spiro atoms. The number of halogens is 2. The van der Waals surface area contributed by atoms with E-state index in [0.717, 1.165) is 31.2 Å². The van der Waals surface area contributed by atoms with Crippen LogP contribution >= 0.6 is 23.2 Å². The van der Waals surface area contributed by atoms with E-state index >= 15 is 0 Å². The summed E-state index contributed by atoms with van der Waals surface area (Å²) in [4.78, 5) is 23.3. The average molecular weight is 344 g/mol. The Balaban J connectivity index is 1.66. The fourth-order valence-corrected chi connectivity index (χ4v) is 3.03. The van der Waals surface area contributed by atoms with Gasteiger partial charge in [0.15, 0.2) is 6.61 Å². The van der Waals surface area contributed by atoms with Gasteiger partial charge >= 0.3 is 5.97 Å². The van der Waals surface area contributed by atoms with Gasteiger partial charge < -0.3 is 10.1 Å². The molecule has 0 heterocycles. The van der Waals surface area contributed by atoms with Gasteiger partial charge in [0.1, 0.15) is 0 Å². The molecule has 22 heavy (non-hydrogen) atoms. The summed E-state index contributed by atoms with van der Waals surface area (Å²) in [7, 11) is 0. The SMILES string of the molecule is O=C(COC(=O)C1CCCC1)NCCc1ccc(Cl)cc1Cl. The molecule has 0 atom stereocenters. The van der Waals surface area contributed by atoms with Crippen LogP contribution in [-0.4, -0.2) is 25.0 Å². The Morgan fingerprint density at radius 1 is 1.23 bits per heavy atom. The van der Waals surface area contributed by atoms with Crippen LogP contribution in [0, 0.1) is 5.92 Å². The number of hydrogen-bond donors (Lipinski definition) is 1. The molecule has 2 rings (SSSR count). The van der Waals surface area contributed by atoms with Crippen LogP contribution in [0.3, 0.4) is 0 Å². The summed E-state index contributed by atoms with van der Waals surface area (Å²) in [5.74, 6) is -0.578. The van der Waals surface area contributed by atoms with Crippen molar-refractivity contribution in [1.29, 1.82) is 0 Å². The third kappa shape index (κ3) is 5.18. The zero-order valence-electron chi connectivity index (χ0n) is 12.2. The molecule has 0 aromatic heterocycles. The van der Waals surface area contributed by atoms with E-state index in [1.54, 1.807) is 12.1 Å². The third-order valence-corrected chi connectivity index (χ3v) is 4.35. The molecule has 0 saturated heterocycles. The number of hydrogen-bond acceptors (Lipinski definition) is 3. The molecule has 1 aromatic rings. The molecule has 4 nitrogen and oxygen atoms in total. The molecular weight excluding hydrogens is 325 g/mol. The largest absolute Gasteiger partial charge is 0.455 e. The standard InChI is InChI=1S/C16H19Cl2NO3/c17-13-6-5-11(14(18)9-13)7-8-19-15(20)10-22-16(21)12-3-1-2-4-12/h5-6,9,12H,1-4,7-8,10H2,(H,19,20). The maximum atomic E-state index is 11.7. The van der Waals surface area contributed by atoms with Crippen molar-refractivity contribution in [3.8, 4) is 0 Å². The van der Waals surface area contributed by atoms with E-state index < -0.39 is 0 Å². The molecule has 1 aliphatic rings. The monoisotopic (exact) mass is 343 g/mol. The quantitative estimate of drug-likeness (QED) is 0.805. The van der Waals surface area contributed by atoms with Gasteiger partial charge in [-0.25, -0.2) is 0 Å². The van der Waals surface area contributed by atoms with Gasteiger partial charge in [-0.05, 0) is 37.0 Å². The first-order valence-electron chi connectivity index (χ1n) is 7.43. The van der Waals surface area contributed by atoms with E-state index in [1.165, 1.54) is 0 Å². The Labute approximate surface area is 140 Å². The highest BCUT2D eigenvalue weighted by Gasteiger charge is 2.24. The fraction of sp³-hybridized carbons (Fsp3) is 0.500. The topological polar surface area (TPSA) is 55.4 Å². The van der Waals surface area contributed by atoms with Gasteiger partial charge in [0.2, 0.25) is 0 Å². The number of benzene rings is 1. The van der Waals surface area contributed by atoms with Gasteiger partial charge in [-0.15, -0.1) is 0 Å². The number of carbonyl (C=O) groups excluding carboxylic acids is 2. The van der Waals surface area contributed by atoms with Gasteiger partial charge in [-0.2, -0.15) is 0 Å². The third-order valence-electron chi connectivity index (χ3n) is 3.77. The van der Waals surface area contributed by atoms with Gasteiger partial charge in [0, 0.05) is 16.6 Å². The van der Waals surface area contributed by atoms with Crippen LogP contribution in [-0.2, 0) is 20.7 Å². The number of esters is 1. The second-order valence-corrected chi connectivity index (χ2v) is 6.27. The van der Waals surface area contributed by atoms with Gasteiger partial charge in [0.05, 0.1) is 5.92 Å². The maximum absolute atomic E-state index is 11.7. The van der Waals surface area contributed by atoms with Crippen LogP contribution in [0.5, 0.6) is 0 Å². The van der Waals surface area contributed by atoms with Gasteiger partial charge in [-0.1, -0.05) is 42.1 Å². The number of carbonyl (C=O) groups is 2. The minimum Gasteiger partial charge on any atom is -0.455 e. The Hall–Kier alpha value is -1.26. The van der Waals surface area contributed by atoms with E-state index in [1.807, 2.05) is 6.07 Å². The molecule has 0 bridgehead atoms. The van der Waals surface area contributed by atoms with E-state index in [2.05, 4.69) is 5.32 Å². The lowest BCUT2D eigenvalue weighted by Crippen LogP contribution is -2.31. The highest BCUT2D eigenvalue weighted by Crippen LogP contribution is 2.25. The molecule has 0 aliphatic heterocycles. The van der Waals surface area contributed by atoms with Crippen LogP contribution in [0.4, 0.5) is 0 Å². The number of rotatable bonds is 6. The molecule has 120 valence electrons. The maximum Gasteiger partial charge on any atom is 0.309 e. The normalized spacial score (nSPS) is 14.8. The zero-order valence-corrected chi connectivity index (χ0v) is 13.8. The van der Waals surface area contributed by atoms with Crippen LogP contribution < -0.4 is 5.32 Å². The molecule has 6 heteroatoms. The Morgan fingerprint density at radius 2 is 1.95 bits per heavy atom. The Kier molecular flexibility index (Phi) is 6.52. The molecule has 1 fully saturated rings. The second-order valence-electron chi connectivity index (χ2n) is 5.42. The molecule has 0 unspecified atom stereocenters. The van der Waals surface area contributed by atoms with E-state index in [4.69, 9.17) is 27.9 Å². The molecular formula is C16H19Cl2NO3. The van der Waals surface area contributed by atoms with Crippen molar-refractivity contribution in [2.75, 3.05) is 13.2 Å². The summed E-state index contributed by atoms with van der Waals surface area (Å²) >= 11 is 11.9. The first-order valence-corrected chi connectivity index (χ1v) is 8.19. The smallest absolute Gasteiger partial charge is 0.309 e. The first kappa shape index (κ1) is 17.1. The summed E-state index contributed by atoms with van der Waals surface area (Å²) < 4.78 is 5.04. The number of nitrogens with one attached hydrogen (secondary N) is 1. The van der Waals surface area contributed by atoms with Crippen molar-refractivity contribution in [2.24, 2.45) is 5.92 Å². The van der Waals surface area contributed by atoms with Crippen LogP contribution in [0.15, 0.2) is 18.2 Å². The Bertz CT molecular complexity index is 542. The lowest BCUT2D eigenvalue weighted by Gasteiger charge is -2.10. The van der Waals surface area contributed by atoms with Crippen molar-refractivity contribution >= 4 is 35.1 Å². The highest BCUT2D eigenvalue weighted by atomic mass is 35.5. The predicted octanol–water partition coefficient (Wildman–Crippen LogP) is 3.39. The second kappa shape index (κ2) is 8.39. The van der Waals surface area contributed by atoms with E-state index in [9.17, 15) is 9.59 Å². The molecule has 1 aliphatic carbocycles. The first-order chi connectivity index (χ1) is 10.6. The van der Waals surface area contributed by atoms with Crippen molar-refractivity contribution in [3.63, 3.8) is 0 Å². The highest BCUT2D eigenvalue weighted by molar-refractivity contribution is 6.35. The molecule has 1 aromatic carbocycles. The zero-order chi connectivity index (χ0) is 15.9. The number of ether oxygens (including phenoxy) is 1. The van der Waals surface area contributed by atoms with Crippen LogP contribution in [0.1, 0.15) is 31.2 Å². The lowest BCUT2D eigenvalue weighted by molar-refractivity contribution is -0.152. The van der Waals surface area contributed by atoms with Gasteiger partial charge in [0.25, 0.3) is 5.91 Å². The minimum absolute atomic E-state index is 0.0272. The minimum atomic E-state index is -0.295. The molecule has 0 radical (unpaired) electrons. The van der Waals surface area contributed by atoms with Crippen molar-refractivity contribution in [1.82, 2.24) is 5.32 Å². The molecule has 1 amide bonds. The van der Waals surface area contributed by atoms with Gasteiger partial charge in [-0.3, -0.25) is 9.59 Å². The number of amides is 1. The average Bonchev–Trinajstić information content (AvgIpc) is 3.01. The summed E-state index contributed by atoms with van der Waals surface area (Å²) in [6.45, 7) is 0.213. The fourth-order valence-electron chi connectivity index (χ4n) is 2.53. The molecule has 1 N–H and O–H groups in total. The van der Waals surface area contributed by atoms with Crippen LogP contribution in [0.2, 0.25) is 10.0 Å². The van der Waals surface area contributed by atoms with E-state index in [-0.39, 0.29) is 24.4 Å². The van der Waals surface area contributed by atoms with Crippen molar-refractivity contribution in [3.05, 3.63) is 33.8 Å². The summed E-state index contributed by atoms with van der Waals surface area (Å²) in [6.07, 6.45) is 4.46. The lowest BCUT2D eigenvalue weighted by atomic mass is 10.1. The molecule has 1 saturated carbocycles. The summed E-state index contributed by atoms with van der Waals surface area (Å²) in [5.41, 5.74) is 0.911. The predicted molar refractivity (Wildman–Crippen MR) is 86.1 cm³/mol. The Morgan fingerprint density at radius 3 is 2.64 bits per heavy atom. The van der Waals surface area contributed by atoms with Crippen LogP contribution in [0.25, 0.3) is 0 Å². The van der Waals surface area contributed by atoms with Crippen molar-refractivity contribution in [2.45, 2.75) is 32.1 Å². The summed E-state index contributed by atoms with van der Waals surface area (Å²) in [5, 5.41) is 3.87.